The van der Waals surface area contributed by atoms with E-state index in [0.29, 0.717) is 35.1 Å². The third kappa shape index (κ3) is 15.2. The van der Waals surface area contributed by atoms with Gasteiger partial charge >= 0.3 is 12.2 Å². The zero-order valence-electron chi connectivity index (χ0n) is 40.4. The van der Waals surface area contributed by atoms with E-state index in [-0.39, 0.29) is 41.3 Å². The maximum atomic E-state index is 13.4. The standard InChI is InChI=1S/C53H66N2O12/c1-32(28-29-54-47(60)66-41(33-12-20-37(21-13-33)43(56)50(4,5)62)34-14-22-38(23-15-34)44(57)51(6,7)63)30-49(2,3)31-55-48(61)67-42(35-16-24-39(25-17-35)45(58)52(8,9)64)36-18-26-40(27-19-36)46(59)53(10,11)65/h12-27,32,41-42,62-65H,28-31H2,1-11H3,(H,54,60)(H,55,61). The number of hydrogen-bond donors (Lipinski definition) is 6. The van der Waals surface area contributed by atoms with E-state index < -0.39 is 75.3 Å². The van der Waals surface area contributed by atoms with Crippen molar-refractivity contribution in [2.75, 3.05) is 13.1 Å². The summed E-state index contributed by atoms with van der Waals surface area (Å²) in [4.78, 5) is 77.5. The molecular weight excluding hydrogens is 857 g/mol. The molecule has 0 aliphatic heterocycles. The van der Waals surface area contributed by atoms with Gasteiger partial charge in [0, 0.05) is 35.3 Å². The fraction of sp³-hybridized carbons (Fsp3) is 0.434. The molecule has 0 aromatic heterocycles. The Labute approximate surface area is 393 Å². The summed E-state index contributed by atoms with van der Waals surface area (Å²) in [6.45, 7) is 17.7. The first-order valence-corrected chi connectivity index (χ1v) is 22.2. The van der Waals surface area contributed by atoms with Gasteiger partial charge in [-0.3, -0.25) is 19.2 Å². The Morgan fingerprint density at radius 1 is 0.448 bits per heavy atom. The monoisotopic (exact) mass is 922 g/mol. The van der Waals surface area contributed by atoms with E-state index in [1.165, 1.54) is 55.4 Å². The number of alkyl carbamates (subject to hydrolysis) is 2. The fourth-order valence-corrected chi connectivity index (χ4v) is 7.45. The van der Waals surface area contributed by atoms with Crippen molar-refractivity contribution in [3.8, 4) is 0 Å². The Bertz CT molecular complexity index is 2240. The van der Waals surface area contributed by atoms with Gasteiger partial charge in [0.05, 0.1) is 0 Å². The van der Waals surface area contributed by atoms with E-state index in [9.17, 15) is 49.2 Å². The van der Waals surface area contributed by atoms with E-state index in [4.69, 9.17) is 9.47 Å². The Kier molecular flexibility index (Phi) is 17.0. The van der Waals surface area contributed by atoms with Crippen LogP contribution in [0.15, 0.2) is 97.1 Å². The van der Waals surface area contributed by atoms with Crippen molar-refractivity contribution >= 4 is 35.3 Å². The zero-order chi connectivity index (χ0) is 50.3. The van der Waals surface area contributed by atoms with Crippen LogP contribution in [-0.2, 0) is 9.47 Å². The number of nitrogens with one attached hydrogen (secondary N) is 2. The van der Waals surface area contributed by atoms with Crippen molar-refractivity contribution in [3.63, 3.8) is 0 Å². The molecule has 0 spiro atoms. The number of rotatable bonds is 21. The first kappa shape index (κ1) is 53.6. The van der Waals surface area contributed by atoms with Crippen LogP contribution < -0.4 is 10.6 Å². The predicted octanol–water partition coefficient (Wildman–Crippen LogP) is 8.27. The molecule has 2 amide bonds. The van der Waals surface area contributed by atoms with E-state index in [0.717, 1.165) is 0 Å². The van der Waals surface area contributed by atoms with Crippen molar-refractivity contribution in [2.24, 2.45) is 11.3 Å². The number of Topliss-reactive ketones (excluding diaryl/α,β-unsaturated/α-hetero) is 4. The summed E-state index contributed by atoms with van der Waals surface area (Å²) in [5.74, 6) is -1.83. The van der Waals surface area contributed by atoms with Crippen LogP contribution in [0, 0.1) is 11.3 Å². The number of amides is 2. The van der Waals surface area contributed by atoms with Crippen molar-refractivity contribution in [3.05, 3.63) is 142 Å². The topological polar surface area (TPSA) is 226 Å². The van der Waals surface area contributed by atoms with E-state index in [1.807, 2.05) is 20.8 Å². The number of carbonyl (C=O) groups is 6. The highest BCUT2D eigenvalue weighted by Gasteiger charge is 2.31. The van der Waals surface area contributed by atoms with E-state index in [1.54, 1.807) is 97.1 Å². The molecule has 0 aliphatic carbocycles. The molecule has 6 N–H and O–H groups in total. The molecule has 4 aromatic rings. The molecule has 0 saturated carbocycles. The normalized spacial score (nSPS) is 12.9. The van der Waals surface area contributed by atoms with Gasteiger partial charge in [-0.25, -0.2) is 9.59 Å². The molecule has 0 saturated heterocycles. The first-order chi connectivity index (χ1) is 30.9. The van der Waals surface area contributed by atoms with Crippen LogP contribution in [0.1, 0.15) is 165 Å². The van der Waals surface area contributed by atoms with E-state index in [2.05, 4.69) is 10.6 Å². The van der Waals surface area contributed by atoms with Crippen LogP contribution in [-0.4, -0.2) is 91.2 Å². The highest BCUT2D eigenvalue weighted by atomic mass is 16.6. The number of carbonyl (C=O) groups excluding carboxylic acids is 6. The SMILES string of the molecule is CC(CCNC(=O)OC(c1ccc(C(=O)C(C)(C)O)cc1)c1ccc(C(=O)C(C)(C)O)cc1)CC(C)(C)CNC(=O)OC(c1ccc(C(=O)C(C)(C)O)cc1)c1ccc(C(=O)C(C)(C)O)cc1. The number of hydrogen-bond acceptors (Lipinski definition) is 12. The molecule has 1 unspecified atom stereocenters. The second kappa shape index (κ2) is 21.3. The maximum Gasteiger partial charge on any atom is 0.408 e. The average Bonchev–Trinajstić information content (AvgIpc) is 3.24. The molecule has 0 radical (unpaired) electrons. The Balaban J connectivity index is 1.40. The second-order valence-electron chi connectivity index (χ2n) is 20.2. The minimum absolute atomic E-state index is 0.0774. The number of benzene rings is 4. The zero-order valence-corrected chi connectivity index (χ0v) is 40.4. The highest BCUT2D eigenvalue weighted by molar-refractivity contribution is 6.03. The lowest BCUT2D eigenvalue weighted by Crippen LogP contribution is -2.36. The molecule has 4 aromatic carbocycles. The maximum absolute atomic E-state index is 13.4. The second-order valence-corrected chi connectivity index (χ2v) is 20.2. The van der Waals surface area contributed by atoms with Gasteiger partial charge in [0.2, 0.25) is 0 Å². The molecule has 0 heterocycles. The largest absolute Gasteiger partial charge is 0.436 e. The lowest BCUT2D eigenvalue weighted by Gasteiger charge is -2.29. The fourth-order valence-electron chi connectivity index (χ4n) is 7.45. The molecule has 14 heteroatoms. The molecule has 360 valence electrons. The van der Waals surface area contributed by atoms with E-state index >= 15 is 0 Å². The lowest BCUT2D eigenvalue weighted by molar-refractivity contribution is 0.0487. The van der Waals surface area contributed by atoms with Gasteiger partial charge in [0.25, 0.3) is 0 Å². The van der Waals surface area contributed by atoms with Gasteiger partial charge in [0.15, 0.2) is 35.3 Å². The first-order valence-electron chi connectivity index (χ1n) is 22.2. The highest BCUT2D eigenvalue weighted by Crippen LogP contribution is 2.31. The predicted molar refractivity (Wildman–Crippen MR) is 253 cm³/mol. The van der Waals surface area contributed by atoms with Gasteiger partial charge in [-0.2, -0.15) is 0 Å². The van der Waals surface area contributed by atoms with Crippen LogP contribution in [0.2, 0.25) is 0 Å². The Morgan fingerprint density at radius 2 is 0.701 bits per heavy atom. The molecule has 4 rings (SSSR count). The Morgan fingerprint density at radius 3 is 0.955 bits per heavy atom. The smallest absolute Gasteiger partial charge is 0.408 e. The van der Waals surface area contributed by atoms with Gasteiger partial charge < -0.3 is 40.5 Å². The number of aliphatic hydroxyl groups is 4. The molecule has 14 nitrogen and oxygen atoms in total. The summed E-state index contributed by atoms with van der Waals surface area (Å²) in [5.41, 5.74) is -3.56. The van der Waals surface area contributed by atoms with Gasteiger partial charge in [-0.05, 0) is 102 Å². The molecule has 0 fully saturated rings. The Hall–Kier alpha value is -6.06. The molecule has 1 atom stereocenters. The summed E-state index contributed by atoms with van der Waals surface area (Å²) in [7, 11) is 0. The summed E-state index contributed by atoms with van der Waals surface area (Å²) in [6, 6.07) is 25.4. The summed E-state index contributed by atoms with van der Waals surface area (Å²) in [5, 5.41) is 46.6. The van der Waals surface area contributed by atoms with Crippen molar-refractivity contribution < 1.29 is 58.7 Å². The summed E-state index contributed by atoms with van der Waals surface area (Å²) in [6.07, 6.45) is -2.10. The lowest BCUT2D eigenvalue weighted by atomic mass is 9.82. The molecule has 0 bridgehead atoms. The number of ketones is 4. The van der Waals surface area contributed by atoms with Crippen LogP contribution in [0.3, 0.4) is 0 Å². The molecule has 67 heavy (non-hydrogen) atoms. The molecule has 0 aliphatic rings. The quantitative estimate of drug-likeness (QED) is 0.0434. The van der Waals surface area contributed by atoms with Gasteiger partial charge in [-0.15, -0.1) is 0 Å². The summed E-state index contributed by atoms with van der Waals surface area (Å²) >= 11 is 0. The van der Waals surface area contributed by atoms with Crippen LogP contribution >= 0.6 is 0 Å². The van der Waals surface area contributed by atoms with Crippen molar-refractivity contribution in [1.82, 2.24) is 10.6 Å². The van der Waals surface area contributed by atoms with Gasteiger partial charge in [-0.1, -0.05) is 118 Å². The minimum atomic E-state index is -1.59. The van der Waals surface area contributed by atoms with Crippen molar-refractivity contribution in [1.29, 1.82) is 0 Å². The van der Waals surface area contributed by atoms with Crippen molar-refractivity contribution in [2.45, 2.75) is 124 Å². The third-order valence-corrected chi connectivity index (χ3v) is 11.1. The van der Waals surface area contributed by atoms with Crippen LogP contribution in [0.5, 0.6) is 0 Å². The number of ether oxygens (including phenoxy) is 2. The molecular formula is C53H66N2O12. The van der Waals surface area contributed by atoms with Gasteiger partial charge in [0.1, 0.15) is 22.4 Å². The summed E-state index contributed by atoms with van der Waals surface area (Å²) < 4.78 is 11.9. The average molecular weight is 923 g/mol. The minimum Gasteiger partial charge on any atom is -0.436 e. The van der Waals surface area contributed by atoms with Crippen LogP contribution in [0.4, 0.5) is 9.59 Å². The van der Waals surface area contributed by atoms with Crippen LogP contribution in [0.25, 0.3) is 0 Å². The third-order valence-electron chi connectivity index (χ3n) is 11.1.